The van der Waals surface area contributed by atoms with Gasteiger partial charge in [0.2, 0.25) is 0 Å². The van der Waals surface area contributed by atoms with E-state index in [1.54, 1.807) is 0 Å². The van der Waals surface area contributed by atoms with Gasteiger partial charge < -0.3 is 9.47 Å². The van der Waals surface area contributed by atoms with Crippen molar-refractivity contribution in [1.29, 1.82) is 0 Å². The van der Waals surface area contributed by atoms with E-state index in [0.29, 0.717) is 0 Å². The Kier molecular flexibility index (Phi) is 4.91. The Morgan fingerprint density at radius 1 is 1.00 bits per heavy atom. The average molecular weight is 288 g/mol. The second-order valence-corrected chi connectivity index (χ2v) is 6.19. The number of hydrogen-bond donors (Lipinski definition) is 0. The van der Waals surface area contributed by atoms with Crippen molar-refractivity contribution in [3.8, 4) is 0 Å². The molecule has 114 valence electrons. The Hall–Kier alpha value is -1.35. The molecule has 1 aromatic rings. The SMILES string of the molecule is O=C(COC1CCCCC1)OC1CCc2ccccc2C1. The van der Waals surface area contributed by atoms with Crippen LogP contribution >= 0.6 is 0 Å². The standard InChI is InChI=1S/C18H24O3/c19-18(13-20-16-8-2-1-3-9-16)21-17-11-10-14-6-4-5-7-15(14)12-17/h4-7,16-17H,1-3,8-13H2. The molecular weight excluding hydrogens is 264 g/mol. The maximum Gasteiger partial charge on any atom is 0.332 e. The predicted molar refractivity (Wildman–Crippen MR) is 81.2 cm³/mol. The number of aryl methyl sites for hydroxylation is 1. The maximum absolute atomic E-state index is 11.9. The summed E-state index contributed by atoms with van der Waals surface area (Å²) in [4.78, 5) is 11.9. The molecule has 1 aromatic carbocycles. The van der Waals surface area contributed by atoms with Gasteiger partial charge in [-0.05, 0) is 36.8 Å². The number of carbonyl (C=O) groups is 1. The number of benzene rings is 1. The van der Waals surface area contributed by atoms with Gasteiger partial charge in [-0.3, -0.25) is 0 Å². The van der Waals surface area contributed by atoms with Crippen molar-refractivity contribution in [3.05, 3.63) is 35.4 Å². The molecule has 3 heteroatoms. The van der Waals surface area contributed by atoms with Crippen molar-refractivity contribution in [1.82, 2.24) is 0 Å². The zero-order valence-corrected chi connectivity index (χ0v) is 12.6. The minimum absolute atomic E-state index is 0.0161. The third-order valence-corrected chi connectivity index (χ3v) is 4.59. The third-order valence-electron chi connectivity index (χ3n) is 4.59. The molecule has 0 bridgehead atoms. The Balaban J connectivity index is 1.43. The van der Waals surface area contributed by atoms with Crippen molar-refractivity contribution >= 4 is 5.97 Å². The van der Waals surface area contributed by atoms with Crippen molar-refractivity contribution < 1.29 is 14.3 Å². The molecule has 0 saturated heterocycles. The molecule has 3 rings (SSSR count). The van der Waals surface area contributed by atoms with Crippen molar-refractivity contribution in [2.45, 2.75) is 63.6 Å². The van der Waals surface area contributed by atoms with Gasteiger partial charge in [0.1, 0.15) is 12.7 Å². The lowest BCUT2D eigenvalue weighted by Crippen LogP contribution is -2.29. The van der Waals surface area contributed by atoms with Crippen LogP contribution in [0.5, 0.6) is 0 Å². The highest BCUT2D eigenvalue weighted by Gasteiger charge is 2.22. The summed E-state index contributed by atoms with van der Waals surface area (Å²) in [6, 6.07) is 8.42. The van der Waals surface area contributed by atoms with Crippen molar-refractivity contribution in [2.24, 2.45) is 0 Å². The zero-order chi connectivity index (χ0) is 14.5. The highest BCUT2D eigenvalue weighted by molar-refractivity contribution is 5.71. The fourth-order valence-corrected chi connectivity index (χ4v) is 3.40. The summed E-state index contributed by atoms with van der Waals surface area (Å²) in [5, 5.41) is 0. The third kappa shape index (κ3) is 4.07. The quantitative estimate of drug-likeness (QED) is 0.796. The summed E-state index contributed by atoms with van der Waals surface area (Å²) in [6.07, 6.45) is 8.95. The number of fused-ring (bicyclic) bond motifs is 1. The van der Waals surface area contributed by atoms with Gasteiger partial charge in [-0.15, -0.1) is 0 Å². The average Bonchev–Trinajstić information content (AvgIpc) is 2.54. The molecule has 0 aliphatic heterocycles. The molecule has 0 N–H and O–H groups in total. The summed E-state index contributed by atoms with van der Waals surface area (Å²) in [7, 11) is 0. The smallest absolute Gasteiger partial charge is 0.332 e. The van der Waals surface area contributed by atoms with Crippen LogP contribution in [0.25, 0.3) is 0 Å². The summed E-state index contributed by atoms with van der Waals surface area (Å²) in [6.45, 7) is 0.114. The highest BCUT2D eigenvalue weighted by Crippen LogP contribution is 2.23. The first-order valence-electron chi connectivity index (χ1n) is 8.19. The Bertz CT molecular complexity index is 477. The van der Waals surface area contributed by atoms with Crippen LogP contribution in [-0.4, -0.2) is 24.8 Å². The van der Waals surface area contributed by atoms with Gasteiger partial charge >= 0.3 is 5.97 Å². The normalized spacial score (nSPS) is 22.6. The molecule has 3 nitrogen and oxygen atoms in total. The molecule has 2 aliphatic carbocycles. The first-order chi connectivity index (χ1) is 10.3. The lowest BCUT2D eigenvalue weighted by atomic mass is 9.90. The molecule has 0 heterocycles. The van der Waals surface area contributed by atoms with E-state index in [4.69, 9.17) is 9.47 Å². The second-order valence-electron chi connectivity index (χ2n) is 6.19. The topological polar surface area (TPSA) is 35.5 Å². The van der Waals surface area contributed by atoms with E-state index in [1.807, 2.05) is 0 Å². The number of carbonyl (C=O) groups excluding carboxylic acids is 1. The van der Waals surface area contributed by atoms with Crippen LogP contribution in [0.2, 0.25) is 0 Å². The molecule has 0 spiro atoms. The lowest BCUT2D eigenvalue weighted by Gasteiger charge is -2.25. The van der Waals surface area contributed by atoms with E-state index in [1.165, 1.54) is 30.4 Å². The van der Waals surface area contributed by atoms with Crippen molar-refractivity contribution in [3.63, 3.8) is 0 Å². The van der Waals surface area contributed by atoms with Crippen LogP contribution in [-0.2, 0) is 27.1 Å². The van der Waals surface area contributed by atoms with Gasteiger partial charge in [0.05, 0.1) is 6.10 Å². The summed E-state index contributed by atoms with van der Waals surface area (Å²) >= 11 is 0. The molecule has 1 saturated carbocycles. The minimum atomic E-state index is -0.204. The predicted octanol–water partition coefficient (Wildman–Crippen LogP) is 3.44. The van der Waals surface area contributed by atoms with Gasteiger partial charge in [0, 0.05) is 6.42 Å². The van der Waals surface area contributed by atoms with E-state index in [9.17, 15) is 4.79 Å². The molecule has 1 fully saturated rings. The Labute approximate surface area is 126 Å². The maximum atomic E-state index is 11.9. The largest absolute Gasteiger partial charge is 0.460 e. The first-order valence-corrected chi connectivity index (χ1v) is 8.19. The summed E-state index contributed by atoms with van der Waals surface area (Å²) in [5.74, 6) is -0.204. The fourth-order valence-electron chi connectivity index (χ4n) is 3.40. The zero-order valence-electron chi connectivity index (χ0n) is 12.6. The lowest BCUT2D eigenvalue weighted by molar-refractivity contribution is -0.157. The monoisotopic (exact) mass is 288 g/mol. The minimum Gasteiger partial charge on any atom is -0.460 e. The summed E-state index contributed by atoms with van der Waals surface area (Å²) in [5.41, 5.74) is 2.71. The van der Waals surface area contributed by atoms with Gasteiger partial charge in [-0.1, -0.05) is 43.5 Å². The van der Waals surface area contributed by atoms with Gasteiger partial charge in [0.15, 0.2) is 0 Å². The second kappa shape index (κ2) is 7.08. The molecule has 0 radical (unpaired) electrons. The molecule has 2 aliphatic rings. The van der Waals surface area contributed by atoms with E-state index in [-0.39, 0.29) is 24.8 Å². The van der Waals surface area contributed by atoms with E-state index < -0.39 is 0 Å². The van der Waals surface area contributed by atoms with Gasteiger partial charge in [-0.25, -0.2) is 4.79 Å². The van der Waals surface area contributed by atoms with Crippen LogP contribution in [0.1, 0.15) is 49.7 Å². The highest BCUT2D eigenvalue weighted by atomic mass is 16.6. The number of hydrogen-bond acceptors (Lipinski definition) is 3. The molecule has 21 heavy (non-hydrogen) atoms. The molecular formula is C18H24O3. The number of rotatable bonds is 4. The van der Waals surface area contributed by atoms with Crippen LogP contribution in [0.3, 0.4) is 0 Å². The van der Waals surface area contributed by atoms with Gasteiger partial charge in [-0.2, -0.15) is 0 Å². The van der Waals surface area contributed by atoms with Crippen LogP contribution in [0.15, 0.2) is 24.3 Å². The molecule has 1 unspecified atom stereocenters. The van der Waals surface area contributed by atoms with E-state index in [2.05, 4.69) is 24.3 Å². The van der Waals surface area contributed by atoms with E-state index >= 15 is 0 Å². The molecule has 0 aromatic heterocycles. The Morgan fingerprint density at radius 3 is 2.57 bits per heavy atom. The van der Waals surface area contributed by atoms with Crippen LogP contribution < -0.4 is 0 Å². The molecule has 1 atom stereocenters. The number of esters is 1. The van der Waals surface area contributed by atoms with Crippen LogP contribution in [0.4, 0.5) is 0 Å². The Morgan fingerprint density at radius 2 is 1.76 bits per heavy atom. The van der Waals surface area contributed by atoms with Crippen LogP contribution in [0, 0.1) is 0 Å². The first kappa shape index (κ1) is 14.6. The van der Waals surface area contributed by atoms with Crippen molar-refractivity contribution in [2.75, 3.05) is 6.61 Å². The summed E-state index contributed by atoms with van der Waals surface area (Å²) < 4.78 is 11.3. The van der Waals surface area contributed by atoms with E-state index in [0.717, 1.165) is 32.1 Å². The molecule has 0 amide bonds. The fraction of sp³-hybridized carbons (Fsp3) is 0.611. The van der Waals surface area contributed by atoms with Gasteiger partial charge in [0.25, 0.3) is 0 Å². The number of ether oxygens (including phenoxy) is 2.